The molecule has 0 radical (unpaired) electrons. The summed E-state index contributed by atoms with van der Waals surface area (Å²) in [6.45, 7) is 0.897. The number of halogens is 2. The van der Waals surface area contributed by atoms with Crippen LogP contribution in [0.3, 0.4) is 0 Å². The Bertz CT molecular complexity index is 814. The summed E-state index contributed by atoms with van der Waals surface area (Å²) in [6, 6.07) is 5.01. The van der Waals surface area contributed by atoms with Gasteiger partial charge >= 0.3 is 6.03 Å². The molecular weight excluding hydrogens is 389 g/mol. The van der Waals surface area contributed by atoms with E-state index in [0.29, 0.717) is 24.3 Å². The molecule has 1 aliphatic heterocycles. The first-order valence-electron chi connectivity index (χ1n) is 8.59. The molecule has 1 aromatic heterocycles. The van der Waals surface area contributed by atoms with E-state index in [4.69, 9.17) is 0 Å². The Kier molecular flexibility index (Phi) is 7.30. The van der Waals surface area contributed by atoms with Crippen LogP contribution in [-0.2, 0) is 11.3 Å². The minimum Gasteiger partial charge on any atom is -0.358 e. The second-order valence-electron chi connectivity index (χ2n) is 6.45. The third-order valence-corrected chi connectivity index (χ3v) is 4.44. The third kappa shape index (κ3) is 5.17. The Balaban J connectivity index is 0.00000280. The Morgan fingerprint density at radius 2 is 2.07 bits per heavy atom. The van der Waals surface area contributed by atoms with E-state index in [2.05, 4.69) is 26.3 Å². The highest BCUT2D eigenvalue weighted by atomic mass is 35.5. The number of hydrogen-bond donors (Lipinski definition) is 3. The molecule has 28 heavy (non-hydrogen) atoms. The van der Waals surface area contributed by atoms with Crippen LogP contribution in [0.1, 0.15) is 18.2 Å². The van der Waals surface area contributed by atoms with Crippen LogP contribution in [0.25, 0.3) is 0 Å². The van der Waals surface area contributed by atoms with E-state index in [9.17, 15) is 14.0 Å². The van der Waals surface area contributed by atoms with Crippen molar-refractivity contribution < 1.29 is 14.0 Å². The van der Waals surface area contributed by atoms with Crippen molar-refractivity contribution in [2.45, 2.75) is 25.0 Å². The van der Waals surface area contributed by atoms with Gasteiger partial charge in [0.05, 0.1) is 24.8 Å². The lowest BCUT2D eigenvalue weighted by atomic mass is 10.1. The average molecular weight is 412 g/mol. The highest BCUT2D eigenvalue weighted by molar-refractivity contribution is 5.89. The Labute approximate surface area is 168 Å². The molecule has 0 spiro atoms. The van der Waals surface area contributed by atoms with Crippen molar-refractivity contribution in [3.05, 3.63) is 42.0 Å². The molecule has 152 valence electrons. The van der Waals surface area contributed by atoms with Crippen LogP contribution < -0.4 is 16.0 Å². The van der Waals surface area contributed by atoms with Gasteiger partial charge in [-0.25, -0.2) is 13.9 Å². The summed E-state index contributed by atoms with van der Waals surface area (Å²) >= 11 is 0. The van der Waals surface area contributed by atoms with Crippen LogP contribution in [0.4, 0.5) is 14.9 Å². The summed E-state index contributed by atoms with van der Waals surface area (Å²) in [5.74, 6) is -0.409. The van der Waals surface area contributed by atoms with Crippen LogP contribution in [0.2, 0.25) is 0 Å². The van der Waals surface area contributed by atoms with Crippen molar-refractivity contribution in [3.63, 3.8) is 0 Å². The molecule has 1 aromatic carbocycles. The van der Waals surface area contributed by atoms with E-state index in [0.717, 1.165) is 0 Å². The maximum atomic E-state index is 12.9. The number of rotatable bonds is 5. The van der Waals surface area contributed by atoms with Gasteiger partial charge in [0.1, 0.15) is 11.5 Å². The van der Waals surface area contributed by atoms with Gasteiger partial charge in [-0.05, 0) is 30.7 Å². The molecule has 0 aliphatic carbocycles. The highest BCUT2D eigenvalue weighted by Crippen LogP contribution is 2.19. The molecule has 0 unspecified atom stereocenters. The van der Waals surface area contributed by atoms with E-state index in [1.54, 1.807) is 25.0 Å². The molecule has 0 saturated carbocycles. The van der Waals surface area contributed by atoms with Gasteiger partial charge in [-0.15, -0.1) is 17.5 Å². The molecule has 2 heterocycles. The molecule has 11 heteroatoms. The largest absolute Gasteiger partial charge is 0.358 e. The Hall–Kier alpha value is -2.72. The topological polar surface area (TPSA) is 104 Å². The molecule has 0 bridgehead atoms. The van der Waals surface area contributed by atoms with Gasteiger partial charge in [0.15, 0.2) is 0 Å². The van der Waals surface area contributed by atoms with Crippen molar-refractivity contribution in [2.75, 3.05) is 26.0 Å². The average Bonchev–Trinajstić information content (AvgIpc) is 3.32. The van der Waals surface area contributed by atoms with Crippen molar-refractivity contribution >= 4 is 30.0 Å². The van der Waals surface area contributed by atoms with Crippen molar-refractivity contribution in [1.29, 1.82) is 0 Å². The van der Waals surface area contributed by atoms with E-state index < -0.39 is 0 Å². The molecule has 3 rings (SSSR count). The summed E-state index contributed by atoms with van der Waals surface area (Å²) in [4.78, 5) is 25.4. The number of nitrogens with one attached hydrogen (secondary N) is 3. The quantitative estimate of drug-likeness (QED) is 0.684. The summed E-state index contributed by atoms with van der Waals surface area (Å²) in [7, 11) is 3.24. The van der Waals surface area contributed by atoms with Gasteiger partial charge in [-0.1, -0.05) is 5.21 Å². The van der Waals surface area contributed by atoms with Gasteiger partial charge in [0, 0.05) is 26.3 Å². The van der Waals surface area contributed by atoms with Gasteiger partial charge < -0.3 is 20.9 Å². The van der Waals surface area contributed by atoms with Crippen molar-refractivity contribution in [1.82, 2.24) is 30.5 Å². The summed E-state index contributed by atoms with van der Waals surface area (Å²) in [5.41, 5.74) is 1.14. The zero-order chi connectivity index (χ0) is 19.4. The van der Waals surface area contributed by atoms with Crippen molar-refractivity contribution in [3.8, 4) is 0 Å². The Morgan fingerprint density at radius 1 is 1.36 bits per heavy atom. The van der Waals surface area contributed by atoms with Crippen LogP contribution in [0.15, 0.2) is 30.5 Å². The second-order valence-corrected chi connectivity index (χ2v) is 6.45. The maximum Gasteiger partial charge on any atom is 0.321 e. The zero-order valence-electron chi connectivity index (χ0n) is 15.6. The normalized spacial score (nSPS) is 18.2. The number of hydrogen-bond acceptors (Lipinski definition) is 5. The standard InChI is InChI=1S/C17H22FN7O2.ClH/c1-19-16(26)15-7-14(8-20-15)25-10-13(22-23-25)9-24(2)17(27)21-12-5-3-11(18)4-6-12;/h3-6,10,14-15,20H,7-9H2,1-2H3,(H,19,26)(H,21,27);1H/t14-,15-;/m0./s1. The number of anilines is 1. The Morgan fingerprint density at radius 3 is 2.75 bits per heavy atom. The van der Waals surface area contributed by atoms with Crippen LogP contribution in [-0.4, -0.2) is 58.5 Å². The van der Waals surface area contributed by atoms with Crippen LogP contribution in [0.5, 0.6) is 0 Å². The zero-order valence-corrected chi connectivity index (χ0v) is 16.4. The van der Waals surface area contributed by atoms with Crippen LogP contribution >= 0.6 is 12.4 Å². The lowest BCUT2D eigenvalue weighted by Crippen LogP contribution is -2.38. The molecule has 1 saturated heterocycles. The molecule has 2 aromatic rings. The third-order valence-electron chi connectivity index (χ3n) is 4.44. The lowest BCUT2D eigenvalue weighted by molar-refractivity contribution is -0.122. The predicted octanol–water partition coefficient (Wildman–Crippen LogP) is 1.15. The predicted molar refractivity (Wildman–Crippen MR) is 104 cm³/mol. The molecule has 3 amide bonds. The lowest BCUT2D eigenvalue weighted by Gasteiger charge is -2.16. The number of likely N-dealkylation sites (N-methyl/N-ethyl adjacent to an activating group) is 1. The minimum atomic E-state index is -0.363. The fourth-order valence-electron chi connectivity index (χ4n) is 2.92. The smallest absolute Gasteiger partial charge is 0.321 e. The maximum absolute atomic E-state index is 12.9. The number of amides is 3. The molecule has 3 N–H and O–H groups in total. The first-order chi connectivity index (χ1) is 13.0. The van der Waals surface area contributed by atoms with Gasteiger partial charge in [0.2, 0.25) is 5.91 Å². The summed E-state index contributed by atoms with van der Waals surface area (Å²) < 4.78 is 14.6. The van der Waals surface area contributed by atoms with E-state index >= 15 is 0 Å². The molecule has 2 atom stereocenters. The molecule has 1 fully saturated rings. The first kappa shape index (κ1) is 21.6. The first-order valence-corrected chi connectivity index (χ1v) is 8.59. The van der Waals surface area contributed by atoms with E-state index in [-0.39, 0.29) is 48.8 Å². The van der Waals surface area contributed by atoms with E-state index in [1.165, 1.54) is 29.2 Å². The monoisotopic (exact) mass is 411 g/mol. The van der Waals surface area contributed by atoms with Crippen LogP contribution in [0, 0.1) is 5.82 Å². The fourth-order valence-corrected chi connectivity index (χ4v) is 2.92. The number of benzene rings is 1. The molecular formula is C17H23ClFN7O2. The summed E-state index contributed by atoms with van der Waals surface area (Å²) in [6.07, 6.45) is 2.41. The van der Waals surface area contributed by atoms with Crippen molar-refractivity contribution in [2.24, 2.45) is 0 Å². The second kappa shape index (κ2) is 9.47. The fraction of sp³-hybridized carbons (Fsp3) is 0.412. The number of nitrogens with zero attached hydrogens (tertiary/aromatic N) is 4. The van der Waals surface area contributed by atoms with Gasteiger partial charge in [-0.3, -0.25) is 4.79 Å². The molecule has 1 aliphatic rings. The SMILES string of the molecule is CNC(=O)[C@@H]1C[C@H](n2cc(CN(C)C(=O)Nc3ccc(F)cc3)nn2)CN1.Cl. The summed E-state index contributed by atoms with van der Waals surface area (Å²) in [5, 5.41) is 16.7. The number of carbonyl (C=O) groups excluding carboxylic acids is 2. The number of carbonyl (C=O) groups is 2. The van der Waals surface area contributed by atoms with Gasteiger partial charge in [-0.2, -0.15) is 0 Å². The van der Waals surface area contributed by atoms with Gasteiger partial charge in [0.25, 0.3) is 0 Å². The highest BCUT2D eigenvalue weighted by Gasteiger charge is 2.30. The van der Waals surface area contributed by atoms with E-state index in [1.807, 2.05) is 0 Å². The molecule has 9 nitrogen and oxygen atoms in total. The number of aromatic nitrogens is 3. The minimum absolute atomic E-state index is 0. The number of urea groups is 1.